The molecule has 0 bridgehead atoms. The van der Waals surface area contributed by atoms with Crippen molar-refractivity contribution in [3.63, 3.8) is 0 Å². The first-order valence-corrected chi connectivity index (χ1v) is 5.44. The molecule has 3 N–H and O–H groups in total. The van der Waals surface area contributed by atoms with Gasteiger partial charge in [0.15, 0.2) is 5.78 Å². The number of pyridine rings is 2. The van der Waals surface area contributed by atoms with Crippen LogP contribution in [-0.2, 0) is 0 Å². The van der Waals surface area contributed by atoms with Gasteiger partial charge in [0.25, 0.3) is 0 Å². The van der Waals surface area contributed by atoms with Gasteiger partial charge in [0, 0.05) is 35.1 Å². The number of nitrogens with one attached hydrogen (secondary N) is 1. The van der Waals surface area contributed by atoms with E-state index in [9.17, 15) is 4.79 Å². The van der Waals surface area contributed by atoms with Crippen LogP contribution in [0.5, 0.6) is 0 Å². The Balaban J connectivity index is 2.09. The molecule has 3 aromatic rings. The fourth-order valence-electron chi connectivity index (χ4n) is 1.84. The number of nitrogen functional groups attached to an aromatic ring is 1. The van der Waals surface area contributed by atoms with Gasteiger partial charge < -0.3 is 10.7 Å². The molecule has 0 unspecified atom stereocenters. The van der Waals surface area contributed by atoms with Crippen LogP contribution < -0.4 is 5.73 Å². The smallest absolute Gasteiger partial charge is 0.196 e. The van der Waals surface area contributed by atoms with E-state index in [0.29, 0.717) is 22.6 Å². The van der Waals surface area contributed by atoms with Gasteiger partial charge in [-0.05, 0) is 24.3 Å². The number of fused-ring (bicyclic) bond motifs is 1. The van der Waals surface area contributed by atoms with Gasteiger partial charge in [0.05, 0.1) is 0 Å². The second-order valence-corrected chi connectivity index (χ2v) is 3.90. The summed E-state index contributed by atoms with van der Waals surface area (Å²) in [6.45, 7) is 0. The lowest BCUT2D eigenvalue weighted by molar-refractivity contribution is 0.104. The molecule has 0 saturated heterocycles. The Morgan fingerprint density at radius 1 is 1.22 bits per heavy atom. The number of ketones is 1. The fraction of sp³-hybridized carbons (Fsp3) is 0. The zero-order chi connectivity index (χ0) is 12.5. The minimum absolute atomic E-state index is 0.0956. The lowest BCUT2D eigenvalue weighted by Crippen LogP contribution is -2.02. The third-order valence-corrected chi connectivity index (χ3v) is 2.74. The average Bonchev–Trinajstić information content (AvgIpc) is 2.82. The topological polar surface area (TPSA) is 84.7 Å². The molecule has 3 aromatic heterocycles. The Bertz CT molecular complexity index is 715. The number of hydrogen-bond donors (Lipinski definition) is 2. The Kier molecular flexibility index (Phi) is 2.30. The maximum absolute atomic E-state index is 12.3. The molecule has 0 aliphatic heterocycles. The van der Waals surface area contributed by atoms with E-state index in [4.69, 9.17) is 5.73 Å². The standard InChI is InChI=1S/C13H10N4O/c14-11-4-3-8(6-16-11)12(18)10-7-17-13-9(10)2-1-5-15-13/h1-7H,(H2,14,16)(H,15,17). The van der Waals surface area contributed by atoms with E-state index < -0.39 is 0 Å². The maximum Gasteiger partial charge on any atom is 0.196 e. The Hall–Kier alpha value is -2.69. The minimum atomic E-state index is -0.0956. The van der Waals surface area contributed by atoms with Crippen LogP contribution in [0.2, 0.25) is 0 Å². The van der Waals surface area contributed by atoms with Gasteiger partial charge >= 0.3 is 0 Å². The molecule has 0 fully saturated rings. The molecule has 0 amide bonds. The van der Waals surface area contributed by atoms with Crippen molar-refractivity contribution in [2.45, 2.75) is 0 Å². The third kappa shape index (κ3) is 1.62. The zero-order valence-electron chi connectivity index (χ0n) is 9.42. The number of aromatic amines is 1. The highest BCUT2D eigenvalue weighted by atomic mass is 16.1. The van der Waals surface area contributed by atoms with Crippen molar-refractivity contribution in [2.24, 2.45) is 0 Å². The molecule has 0 aliphatic rings. The quantitative estimate of drug-likeness (QED) is 0.666. The number of nitrogens with two attached hydrogens (primary N) is 1. The molecule has 3 heterocycles. The number of aromatic nitrogens is 3. The first-order valence-electron chi connectivity index (χ1n) is 5.44. The van der Waals surface area contributed by atoms with Crippen LogP contribution in [0, 0.1) is 0 Å². The highest BCUT2D eigenvalue weighted by Gasteiger charge is 2.14. The molecule has 0 saturated carbocycles. The SMILES string of the molecule is Nc1ccc(C(=O)c2c[nH]c3ncccc23)cn1. The van der Waals surface area contributed by atoms with E-state index in [1.54, 1.807) is 30.6 Å². The number of carbonyl (C=O) groups is 1. The normalized spacial score (nSPS) is 10.7. The first kappa shape index (κ1) is 10.5. The van der Waals surface area contributed by atoms with Crippen molar-refractivity contribution >= 4 is 22.6 Å². The zero-order valence-corrected chi connectivity index (χ0v) is 9.42. The molecule has 5 heteroatoms. The molecule has 3 rings (SSSR count). The van der Waals surface area contributed by atoms with Crippen LogP contribution in [0.25, 0.3) is 11.0 Å². The summed E-state index contributed by atoms with van der Waals surface area (Å²) in [5.74, 6) is 0.300. The largest absolute Gasteiger partial charge is 0.384 e. The number of nitrogens with zero attached hydrogens (tertiary/aromatic N) is 2. The molecule has 0 radical (unpaired) electrons. The van der Waals surface area contributed by atoms with Crippen LogP contribution >= 0.6 is 0 Å². The molecule has 5 nitrogen and oxygen atoms in total. The van der Waals surface area contributed by atoms with Gasteiger partial charge in [-0.25, -0.2) is 9.97 Å². The Morgan fingerprint density at radius 3 is 2.89 bits per heavy atom. The summed E-state index contributed by atoms with van der Waals surface area (Å²) in [7, 11) is 0. The van der Waals surface area contributed by atoms with E-state index in [1.165, 1.54) is 6.20 Å². The van der Waals surface area contributed by atoms with Crippen molar-refractivity contribution in [3.05, 3.63) is 54.0 Å². The van der Waals surface area contributed by atoms with E-state index in [2.05, 4.69) is 15.0 Å². The van der Waals surface area contributed by atoms with Crippen molar-refractivity contribution in [2.75, 3.05) is 5.73 Å². The maximum atomic E-state index is 12.3. The van der Waals surface area contributed by atoms with Crippen molar-refractivity contribution in [3.8, 4) is 0 Å². The summed E-state index contributed by atoms with van der Waals surface area (Å²) in [4.78, 5) is 23.3. The van der Waals surface area contributed by atoms with Crippen LogP contribution in [0.1, 0.15) is 15.9 Å². The fourth-order valence-corrected chi connectivity index (χ4v) is 1.84. The van der Waals surface area contributed by atoms with Gasteiger partial charge in [-0.3, -0.25) is 4.79 Å². The summed E-state index contributed by atoms with van der Waals surface area (Å²) in [5.41, 5.74) is 7.29. The van der Waals surface area contributed by atoms with E-state index in [-0.39, 0.29) is 5.78 Å². The predicted octanol–water partition coefficient (Wildman–Crippen LogP) is 1.77. The van der Waals surface area contributed by atoms with E-state index >= 15 is 0 Å². The molecule has 88 valence electrons. The van der Waals surface area contributed by atoms with Gasteiger partial charge in [-0.2, -0.15) is 0 Å². The van der Waals surface area contributed by atoms with Crippen LogP contribution in [0.4, 0.5) is 5.82 Å². The second-order valence-electron chi connectivity index (χ2n) is 3.90. The van der Waals surface area contributed by atoms with E-state index in [1.807, 2.05) is 6.07 Å². The second kappa shape index (κ2) is 3.96. The lowest BCUT2D eigenvalue weighted by Gasteiger charge is -1.99. The summed E-state index contributed by atoms with van der Waals surface area (Å²) >= 11 is 0. The number of carbonyl (C=O) groups excluding carboxylic acids is 1. The van der Waals surface area contributed by atoms with Crippen LogP contribution in [-0.4, -0.2) is 20.7 Å². The minimum Gasteiger partial charge on any atom is -0.384 e. The van der Waals surface area contributed by atoms with E-state index in [0.717, 1.165) is 5.39 Å². The molecule has 0 atom stereocenters. The van der Waals surface area contributed by atoms with Gasteiger partial charge in [0.1, 0.15) is 11.5 Å². The van der Waals surface area contributed by atoms with Crippen molar-refractivity contribution in [1.29, 1.82) is 0 Å². The van der Waals surface area contributed by atoms with Gasteiger partial charge in [0.2, 0.25) is 0 Å². The lowest BCUT2D eigenvalue weighted by atomic mass is 10.1. The van der Waals surface area contributed by atoms with Crippen LogP contribution in [0.15, 0.2) is 42.9 Å². The average molecular weight is 238 g/mol. The number of rotatable bonds is 2. The first-order chi connectivity index (χ1) is 8.75. The predicted molar refractivity (Wildman–Crippen MR) is 68.2 cm³/mol. The Morgan fingerprint density at radius 2 is 2.11 bits per heavy atom. The molecule has 18 heavy (non-hydrogen) atoms. The highest BCUT2D eigenvalue weighted by molar-refractivity contribution is 6.15. The molecular weight excluding hydrogens is 228 g/mol. The molecule has 0 aliphatic carbocycles. The highest BCUT2D eigenvalue weighted by Crippen LogP contribution is 2.19. The Labute approximate surface area is 103 Å². The third-order valence-electron chi connectivity index (χ3n) is 2.74. The summed E-state index contributed by atoms with van der Waals surface area (Å²) in [6, 6.07) is 6.94. The van der Waals surface area contributed by atoms with Crippen LogP contribution in [0.3, 0.4) is 0 Å². The summed E-state index contributed by atoms with van der Waals surface area (Å²) in [5, 5.41) is 0.805. The van der Waals surface area contributed by atoms with Crippen molar-refractivity contribution < 1.29 is 4.79 Å². The number of anilines is 1. The molecule has 0 spiro atoms. The summed E-state index contributed by atoms with van der Waals surface area (Å²) < 4.78 is 0. The summed E-state index contributed by atoms with van der Waals surface area (Å²) in [6.07, 6.45) is 4.82. The van der Waals surface area contributed by atoms with Gasteiger partial charge in [-0.15, -0.1) is 0 Å². The number of hydrogen-bond acceptors (Lipinski definition) is 4. The monoisotopic (exact) mass is 238 g/mol. The molecule has 0 aromatic carbocycles. The van der Waals surface area contributed by atoms with Gasteiger partial charge in [-0.1, -0.05) is 0 Å². The van der Waals surface area contributed by atoms with Crippen molar-refractivity contribution in [1.82, 2.24) is 15.0 Å². The number of H-pyrrole nitrogens is 1. The molecular formula is C13H10N4O.